The van der Waals surface area contributed by atoms with Crippen molar-refractivity contribution in [3.63, 3.8) is 0 Å². The summed E-state index contributed by atoms with van der Waals surface area (Å²) in [6, 6.07) is 9.80. The van der Waals surface area contributed by atoms with Gasteiger partial charge in [0.25, 0.3) is 0 Å². The first-order valence-corrected chi connectivity index (χ1v) is 16.3. The third-order valence-corrected chi connectivity index (χ3v) is 13.6. The van der Waals surface area contributed by atoms with Crippen molar-refractivity contribution in [3.8, 4) is 0 Å². The molecule has 0 amide bonds. The first-order chi connectivity index (χ1) is 15.6. The van der Waals surface area contributed by atoms with E-state index in [0.717, 1.165) is 24.2 Å². The third kappa shape index (κ3) is 6.86. The average molecular weight is 495 g/mol. The van der Waals surface area contributed by atoms with E-state index >= 15 is 0 Å². The zero-order valence-corrected chi connectivity index (χ0v) is 22.9. The lowest BCUT2D eigenvalue weighted by atomic mass is 9.90. The quantitative estimate of drug-likeness (QED) is 0.185. The van der Waals surface area contributed by atoms with Crippen LogP contribution in [0, 0.1) is 11.8 Å². The molecule has 2 aliphatic rings. The molecule has 33 heavy (non-hydrogen) atoms. The summed E-state index contributed by atoms with van der Waals surface area (Å²) in [5, 5.41) is 0.0615. The normalized spacial score (nSPS) is 29.0. The van der Waals surface area contributed by atoms with E-state index < -0.39 is 19.1 Å². The Morgan fingerprint density at radius 2 is 1.76 bits per heavy atom. The highest BCUT2D eigenvalue weighted by molar-refractivity contribution is 7.85. The van der Waals surface area contributed by atoms with Crippen LogP contribution in [-0.4, -0.2) is 57.1 Å². The molecule has 6 atom stereocenters. The van der Waals surface area contributed by atoms with Gasteiger partial charge in [-0.15, -0.1) is 0 Å². The van der Waals surface area contributed by atoms with Crippen molar-refractivity contribution in [2.45, 2.75) is 80.5 Å². The van der Waals surface area contributed by atoms with Crippen LogP contribution in [0.3, 0.4) is 0 Å². The first-order valence-electron chi connectivity index (χ1n) is 12.1. The molecular formula is C26H42O5SSi. The predicted molar refractivity (Wildman–Crippen MR) is 136 cm³/mol. The summed E-state index contributed by atoms with van der Waals surface area (Å²) in [4.78, 5) is 0.879. The van der Waals surface area contributed by atoms with Gasteiger partial charge in [-0.3, -0.25) is 4.21 Å². The molecule has 5 nitrogen and oxygen atoms in total. The molecule has 2 aliphatic carbocycles. The number of hydrogen-bond donors (Lipinski definition) is 0. The van der Waals surface area contributed by atoms with Crippen LogP contribution < -0.4 is 0 Å². The van der Waals surface area contributed by atoms with Gasteiger partial charge in [-0.25, -0.2) is 0 Å². The molecule has 1 fully saturated rings. The van der Waals surface area contributed by atoms with E-state index in [4.69, 9.17) is 18.6 Å². The lowest BCUT2D eigenvalue weighted by Crippen LogP contribution is -2.47. The van der Waals surface area contributed by atoms with Crippen LogP contribution in [0.4, 0.5) is 0 Å². The molecule has 1 aromatic carbocycles. The smallest absolute Gasteiger partial charge is 0.192 e. The van der Waals surface area contributed by atoms with Crippen molar-refractivity contribution < 1.29 is 22.8 Å². The van der Waals surface area contributed by atoms with E-state index in [2.05, 4.69) is 46.0 Å². The Morgan fingerprint density at radius 3 is 2.42 bits per heavy atom. The Balaban J connectivity index is 1.80. The van der Waals surface area contributed by atoms with E-state index in [1.54, 1.807) is 7.11 Å². The number of rotatable bonds is 10. The van der Waals surface area contributed by atoms with Crippen LogP contribution in [0.15, 0.2) is 47.4 Å². The van der Waals surface area contributed by atoms with Crippen molar-refractivity contribution in [2.75, 3.05) is 27.1 Å². The Hall–Kier alpha value is -0.833. The van der Waals surface area contributed by atoms with Crippen LogP contribution in [0.1, 0.15) is 40.0 Å². The van der Waals surface area contributed by atoms with Crippen LogP contribution in [0.2, 0.25) is 18.1 Å². The largest absolute Gasteiger partial charge is 0.414 e. The van der Waals surface area contributed by atoms with E-state index in [1.807, 2.05) is 30.3 Å². The molecule has 0 saturated heterocycles. The number of hydrogen-bond acceptors (Lipinski definition) is 5. The highest BCUT2D eigenvalue weighted by Crippen LogP contribution is 2.46. The van der Waals surface area contributed by atoms with E-state index in [1.165, 1.54) is 0 Å². The van der Waals surface area contributed by atoms with Gasteiger partial charge in [0.15, 0.2) is 8.32 Å². The Labute approximate surface area is 203 Å². The second kappa shape index (κ2) is 11.7. The van der Waals surface area contributed by atoms with Crippen LogP contribution >= 0.6 is 0 Å². The van der Waals surface area contributed by atoms with Gasteiger partial charge < -0.3 is 18.6 Å². The minimum atomic E-state index is -1.99. The fourth-order valence-electron chi connectivity index (χ4n) is 4.56. The topological polar surface area (TPSA) is 54.0 Å². The van der Waals surface area contributed by atoms with Gasteiger partial charge in [-0.05, 0) is 55.4 Å². The van der Waals surface area contributed by atoms with Crippen molar-refractivity contribution in [1.29, 1.82) is 0 Å². The second-order valence-electron chi connectivity index (χ2n) is 10.7. The monoisotopic (exact) mass is 494 g/mol. The average Bonchev–Trinajstić information content (AvgIpc) is 3.09. The van der Waals surface area contributed by atoms with Gasteiger partial charge in [0, 0.05) is 24.0 Å². The van der Waals surface area contributed by atoms with Crippen molar-refractivity contribution >= 4 is 19.1 Å². The second-order valence-corrected chi connectivity index (χ2v) is 17.2. The fourth-order valence-corrected chi connectivity index (χ4v) is 7.32. The summed E-state index contributed by atoms with van der Waals surface area (Å²) >= 11 is 0. The standard InChI is InChI=1S/C26H42O5SSi/c1-26(2,3)33(5,6)31-25-18-21(32(27)20-10-8-7-9-11-20)12-13-22-23(25)14-15-24(22)30-19-29-17-16-28-4/h7-13,21-25H,14-19H2,1-6H3/t21-,22-,23-,24+,25+,32?/m1/s1. The molecule has 0 spiro atoms. The molecule has 186 valence electrons. The molecule has 0 N–H and O–H groups in total. The maximum atomic E-state index is 13.5. The highest BCUT2D eigenvalue weighted by atomic mass is 32.2. The van der Waals surface area contributed by atoms with E-state index in [9.17, 15) is 4.21 Å². The zero-order chi connectivity index (χ0) is 24.1. The molecule has 0 heterocycles. The first kappa shape index (κ1) is 26.8. The van der Waals surface area contributed by atoms with Gasteiger partial charge in [0.1, 0.15) is 6.79 Å². The van der Waals surface area contributed by atoms with Crippen LogP contribution in [0.5, 0.6) is 0 Å². The van der Waals surface area contributed by atoms with Crippen molar-refractivity contribution in [3.05, 3.63) is 42.5 Å². The number of ether oxygens (including phenoxy) is 3. The highest BCUT2D eigenvalue weighted by Gasteiger charge is 2.47. The number of methoxy groups -OCH3 is 1. The molecule has 1 saturated carbocycles. The number of fused-ring (bicyclic) bond motifs is 1. The van der Waals surface area contributed by atoms with E-state index in [-0.39, 0.29) is 35.2 Å². The maximum Gasteiger partial charge on any atom is 0.192 e. The molecular weight excluding hydrogens is 452 g/mol. The predicted octanol–water partition coefficient (Wildman–Crippen LogP) is 5.55. The molecule has 0 radical (unpaired) electrons. The summed E-state index contributed by atoms with van der Waals surface area (Å²) in [6.07, 6.45) is 7.44. The van der Waals surface area contributed by atoms with Crippen LogP contribution in [-0.2, 0) is 29.4 Å². The minimum Gasteiger partial charge on any atom is -0.414 e. The SMILES string of the molecule is COCCOCO[C@H]1CC[C@@H]2[C@H]1C=C[C@@H](S(=O)c1ccccc1)C[C@@H]2O[Si](C)(C)C(C)(C)C. The summed E-state index contributed by atoms with van der Waals surface area (Å²) in [6.45, 7) is 12.8. The van der Waals surface area contributed by atoms with Gasteiger partial charge in [-0.1, -0.05) is 51.1 Å². The molecule has 0 aliphatic heterocycles. The third-order valence-electron chi connectivity index (χ3n) is 7.50. The van der Waals surface area contributed by atoms with Gasteiger partial charge in [0.2, 0.25) is 0 Å². The molecule has 1 unspecified atom stereocenters. The molecule has 3 rings (SSSR count). The Kier molecular flexibility index (Phi) is 9.52. The molecule has 7 heteroatoms. The lowest BCUT2D eigenvalue weighted by molar-refractivity contribution is -0.106. The van der Waals surface area contributed by atoms with Gasteiger partial charge >= 0.3 is 0 Å². The van der Waals surface area contributed by atoms with E-state index in [0.29, 0.717) is 19.1 Å². The summed E-state index contributed by atoms with van der Waals surface area (Å²) < 4.78 is 37.3. The molecule has 0 bridgehead atoms. The summed E-state index contributed by atoms with van der Waals surface area (Å²) in [5.74, 6) is 0.626. The molecule has 1 aromatic rings. The van der Waals surface area contributed by atoms with Gasteiger partial charge in [0.05, 0.1) is 35.4 Å². The van der Waals surface area contributed by atoms with Crippen LogP contribution in [0.25, 0.3) is 0 Å². The Bertz CT molecular complexity index is 792. The fraction of sp³-hybridized carbons (Fsp3) is 0.692. The van der Waals surface area contributed by atoms with Crippen molar-refractivity contribution in [1.82, 2.24) is 0 Å². The minimum absolute atomic E-state index is 0.0635. The summed E-state index contributed by atoms with van der Waals surface area (Å²) in [7, 11) is -1.43. The molecule has 0 aromatic heterocycles. The Morgan fingerprint density at radius 1 is 1.03 bits per heavy atom. The van der Waals surface area contributed by atoms with Gasteiger partial charge in [-0.2, -0.15) is 0 Å². The van der Waals surface area contributed by atoms with Crippen molar-refractivity contribution in [2.24, 2.45) is 11.8 Å². The summed E-state index contributed by atoms with van der Waals surface area (Å²) in [5.41, 5.74) is 0. The lowest BCUT2D eigenvalue weighted by Gasteiger charge is -2.42. The maximum absolute atomic E-state index is 13.5. The number of benzene rings is 1. The zero-order valence-electron chi connectivity index (χ0n) is 21.1.